The highest BCUT2D eigenvalue weighted by Gasteiger charge is 2.21. The lowest BCUT2D eigenvalue weighted by Gasteiger charge is -2.12. The van der Waals surface area contributed by atoms with Crippen molar-refractivity contribution in [1.82, 2.24) is 30.1 Å². The lowest BCUT2D eigenvalue weighted by Crippen LogP contribution is -2.20. The number of carbonyl (C=O) groups is 1. The highest BCUT2D eigenvalue weighted by molar-refractivity contribution is 7.90. The Morgan fingerprint density at radius 2 is 1.84 bits per heavy atom. The summed E-state index contributed by atoms with van der Waals surface area (Å²) in [6.45, 7) is 2.04. The van der Waals surface area contributed by atoms with Crippen LogP contribution in [0.5, 0.6) is 0 Å². The molecule has 1 amide bonds. The van der Waals surface area contributed by atoms with Crippen molar-refractivity contribution in [2.75, 3.05) is 11.6 Å². The molecule has 0 aliphatic carbocycles. The van der Waals surface area contributed by atoms with Crippen molar-refractivity contribution in [2.45, 2.75) is 31.6 Å². The molecule has 1 aromatic carbocycles. The molecule has 13 heteroatoms. The molecule has 6 aromatic rings. The van der Waals surface area contributed by atoms with Crippen LogP contribution in [-0.4, -0.2) is 50.7 Å². The van der Waals surface area contributed by atoms with Crippen molar-refractivity contribution in [2.24, 2.45) is 5.73 Å². The van der Waals surface area contributed by atoms with E-state index in [2.05, 4.69) is 35.5 Å². The van der Waals surface area contributed by atoms with Crippen molar-refractivity contribution in [3.63, 3.8) is 0 Å². The van der Waals surface area contributed by atoms with E-state index in [-0.39, 0.29) is 11.5 Å². The number of nitrogens with one attached hydrogen (secondary N) is 3. The number of carbonyl (C=O) groups excluding carboxylic acids is 1. The molecule has 0 spiro atoms. The van der Waals surface area contributed by atoms with E-state index < -0.39 is 21.0 Å². The zero-order valence-electron chi connectivity index (χ0n) is 23.9. The number of halogens is 1. The summed E-state index contributed by atoms with van der Waals surface area (Å²) in [7, 11) is -3.65. The maximum atomic E-state index is 14.6. The number of nitrogens with two attached hydrogens (primary N) is 1. The van der Waals surface area contributed by atoms with Crippen molar-refractivity contribution < 1.29 is 17.6 Å². The Morgan fingerprint density at radius 3 is 2.64 bits per heavy atom. The molecular weight excluding hydrogens is 583 g/mol. The Labute approximate surface area is 252 Å². The van der Waals surface area contributed by atoms with Crippen LogP contribution in [0.1, 0.15) is 37.1 Å². The molecule has 5 aromatic heterocycles. The third kappa shape index (κ3) is 5.79. The predicted molar refractivity (Wildman–Crippen MR) is 168 cm³/mol. The number of hydrogen-bond donors (Lipinski definition) is 4. The molecule has 0 fully saturated rings. The molecule has 1 atom stereocenters. The SMILES string of the molecule is CCCCC(=O)Nc1cncc(-c2cnc3n[nH]c(-c4cc5c(-c6cc(F)cc(C(N)S(C)(=O)=O)c6)nccc5[nH]4)c3c2)c1. The van der Waals surface area contributed by atoms with Crippen LogP contribution in [0.4, 0.5) is 10.1 Å². The van der Waals surface area contributed by atoms with Gasteiger partial charge in [-0.25, -0.2) is 17.8 Å². The number of H-pyrrole nitrogens is 2. The zero-order valence-corrected chi connectivity index (χ0v) is 24.7. The monoisotopic (exact) mass is 612 g/mol. The van der Waals surface area contributed by atoms with E-state index in [9.17, 15) is 17.6 Å². The topological polar surface area (TPSA) is 172 Å². The van der Waals surface area contributed by atoms with Gasteiger partial charge in [-0.3, -0.25) is 19.9 Å². The second kappa shape index (κ2) is 11.6. The average Bonchev–Trinajstić information content (AvgIpc) is 3.62. The Kier molecular flexibility index (Phi) is 7.66. The van der Waals surface area contributed by atoms with Crippen LogP contribution >= 0.6 is 0 Å². The molecule has 0 radical (unpaired) electrons. The first-order chi connectivity index (χ1) is 21.1. The number of pyridine rings is 3. The summed E-state index contributed by atoms with van der Waals surface area (Å²) in [4.78, 5) is 28.9. The van der Waals surface area contributed by atoms with E-state index in [4.69, 9.17) is 5.73 Å². The van der Waals surface area contributed by atoms with Crippen LogP contribution in [0.3, 0.4) is 0 Å². The van der Waals surface area contributed by atoms with Crippen molar-refractivity contribution >= 4 is 43.4 Å². The molecule has 5 heterocycles. The van der Waals surface area contributed by atoms with Gasteiger partial charge >= 0.3 is 0 Å². The van der Waals surface area contributed by atoms with Crippen LogP contribution < -0.4 is 11.1 Å². The molecule has 44 heavy (non-hydrogen) atoms. The first-order valence-corrected chi connectivity index (χ1v) is 15.9. The minimum atomic E-state index is -3.65. The normalized spacial score (nSPS) is 12.5. The van der Waals surface area contributed by atoms with Gasteiger partial charge in [-0.1, -0.05) is 13.3 Å². The zero-order chi connectivity index (χ0) is 31.0. The minimum absolute atomic E-state index is 0.0584. The third-order valence-electron chi connectivity index (χ3n) is 7.32. The predicted octanol–water partition coefficient (Wildman–Crippen LogP) is 5.50. The molecule has 5 N–H and O–H groups in total. The largest absolute Gasteiger partial charge is 0.353 e. The number of sulfone groups is 1. The average molecular weight is 613 g/mol. The fourth-order valence-electron chi connectivity index (χ4n) is 5.07. The summed E-state index contributed by atoms with van der Waals surface area (Å²) in [6, 6.07) is 11.4. The molecule has 0 saturated heterocycles. The number of nitrogens with zero attached hydrogens (tertiary/aromatic N) is 4. The summed E-state index contributed by atoms with van der Waals surface area (Å²) in [6.07, 6.45) is 9.80. The third-order valence-corrected chi connectivity index (χ3v) is 8.52. The molecular formula is C31H29FN8O3S. The number of anilines is 1. The Morgan fingerprint density at radius 1 is 1.02 bits per heavy atom. The summed E-state index contributed by atoms with van der Waals surface area (Å²) in [5.41, 5.74) is 11.6. The van der Waals surface area contributed by atoms with Gasteiger partial charge in [0.05, 0.1) is 29.0 Å². The Balaban J connectivity index is 1.38. The first-order valence-electron chi connectivity index (χ1n) is 13.9. The van der Waals surface area contributed by atoms with Crippen LogP contribution in [0, 0.1) is 5.82 Å². The number of amides is 1. The highest BCUT2D eigenvalue weighted by atomic mass is 32.2. The maximum Gasteiger partial charge on any atom is 0.224 e. The van der Waals surface area contributed by atoms with Gasteiger partial charge in [-0.2, -0.15) is 5.10 Å². The fraction of sp³-hybridized carbons (Fsp3) is 0.194. The summed E-state index contributed by atoms with van der Waals surface area (Å²) in [5.74, 6) is -0.680. The smallest absolute Gasteiger partial charge is 0.224 e. The number of unbranched alkanes of at least 4 members (excludes halogenated alkanes) is 1. The van der Waals surface area contributed by atoms with Crippen LogP contribution in [0.25, 0.3) is 55.7 Å². The van der Waals surface area contributed by atoms with Gasteiger partial charge < -0.3 is 16.0 Å². The molecule has 1 unspecified atom stereocenters. The second-order valence-corrected chi connectivity index (χ2v) is 12.8. The molecule has 0 saturated carbocycles. The van der Waals surface area contributed by atoms with Gasteiger partial charge in [-0.15, -0.1) is 0 Å². The van der Waals surface area contributed by atoms with E-state index in [1.165, 1.54) is 6.07 Å². The van der Waals surface area contributed by atoms with E-state index in [1.54, 1.807) is 36.9 Å². The standard InChI is InChI=1S/C31H29FN8O3S/c1-3-4-5-27(41)37-22-11-19(14-34-16-22)20-12-24-29(39-40-31(24)36-15-20)26-13-23-25(38-26)6-7-35-28(23)17-8-18(10-21(32)9-17)30(33)44(2,42)43/h6-16,30,38H,3-5,33H2,1-2H3,(H,37,41)(H,36,39,40). The number of hydrogen-bond acceptors (Lipinski definition) is 8. The molecule has 224 valence electrons. The number of aromatic nitrogens is 6. The Bertz CT molecular complexity index is 2140. The molecule has 11 nitrogen and oxygen atoms in total. The second-order valence-electron chi connectivity index (χ2n) is 10.6. The molecule has 0 bridgehead atoms. The summed E-state index contributed by atoms with van der Waals surface area (Å²) in [5, 5.41) is 10.4. The van der Waals surface area contributed by atoms with Gasteiger partial charge in [-0.05, 0) is 54.4 Å². The first kappa shape index (κ1) is 29.1. The summed E-state index contributed by atoms with van der Waals surface area (Å²) >= 11 is 0. The van der Waals surface area contributed by atoms with Gasteiger partial charge in [0.1, 0.15) is 11.2 Å². The maximum absolute atomic E-state index is 14.6. The quantitative estimate of drug-likeness (QED) is 0.166. The van der Waals surface area contributed by atoms with Crippen LogP contribution in [0.2, 0.25) is 0 Å². The number of aromatic amines is 2. The van der Waals surface area contributed by atoms with Crippen molar-refractivity contribution in [1.29, 1.82) is 0 Å². The van der Waals surface area contributed by atoms with Crippen LogP contribution in [-0.2, 0) is 14.6 Å². The lowest BCUT2D eigenvalue weighted by molar-refractivity contribution is -0.116. The number of rotatable bonds is 9. The highest BCUT2D eigenvalue weighted by Crippen LogP contribution is 2.35. The Hall–Kier alpha value is -5.01. The van der Waals surface area contributed by atoms with E-state index >= 15 is 0 Å². The van der Waals surface area contributed by atoms with Gasteiger partial charge in [0.2, 0.25) is 5.91 Å². The minimum Gasteiger partial charge on any atom is -0.353 e. The van der Waals surface area contributed by atoms with E-state index in [0.29, 0.717) is 45.8 Å². The van der Waals surface area contributed by atoms with Crippen molar-refractivity contribution in [3.05, 3.63) is 78.6 Å². The van der Waals surface area contributed by atoms with Gasteiger partial charge in [0.15, 0.2) is 15.5 Å². The van der Waals surface area contributed by atoms with E-state index in [0.717, 1.165) is 47.2 Å². The van der Waals surface area contributed by atoms with Gasteiger partial charge in [0, 0.05) is 64.2 Å². The molecule has 0 aliphatic heterocycles. The number of fused-ring (bicyclic) bond motifs is 2. The van der Waals surface area contributed by atoms with Gasteiger partial charge in [0.25, 0.3) is 0 Å². The molecule has 0 aliphatic rings. The van der Waals surface area contributed by atoms with Crippen LogP contribution in [0.15, 0.2) is 67.3 Å². The van der Waals surface area contributed by atoms with E-state index in [1.807, 2.05) is 25.1 Å². The van der Waals surface area contributed by atoms with Crippen molar-refractivity contribution in [3.8, 4) is 33.8 Å². The molecule has 6 rings (SSSR count). The lowest BCUT2D eigenvalue weighted by atomic mass is 10.0. The number of benzene rings is 1. The fourth-order valence-corrected chi connectivity index (χ4v) is 5.70. The summed E-state index contributed by atoms with van der Waals surface area (Å²) < 4.78 is 38.7.